The van der Waals surface area contributed by atoms with Crippen molar-refractivity contribution in [3.63, 3.8) is 0 Å². The average Bonchev–Trinajstić information content (AvgIpc) is 3.00. The van der Waals surface area contributed by atoms with Crippen molar-refractivity contribution in [2.75, 3.05) is 44.2 Å². The minimum atomic E-state index is -2.86. The van der Waals surface area contributed by atoms with Crippen LogP contribution in [0.1, 0.15) is 6.42 Å². The van der Waals surface area contributed by atoms with Crippen LogP contribution in [-0.4, -0.2) is 67.9 Å². The van der Waals surface area contributed by atoms with Crippen LogP contribution in [0.15, 0.2) is 30.3 Å². The van der Waals surface area contributed by atoms with Crippen molar-refractivity contribution in [3.05, 3.63) is 30.3 Å². The average molecular weight is 425 g/mol. The first kappa shape index (κ1) is 23.4. The van der Waals surface area contributed by atoms with Gasteiger partial charge in [0.2, 0.25) is 11.8 Å². The molecule has 2 aliphatic heterocycles. The van der Waals surface area contributed by atoms with Gasteiger partial charge in [-0.2, -0.15) is 0 Å². The molecule has 2 N–H and O–H groups in total. The number of benzene rings is 1. The summed E-state index contributed by atoms with van der Waals surface area (Å²) >= 11 is 0. The fraction of sp³-hybridized carbons (Fsp3) is 0.529. The van der Waals surface area contributed by atoms with Gasteiger partial charge < -0.3 is 15.1 Å². The maximum absolute atomic E-state index is 13.1. The number of halogens is 4. The molecular formula is C17H24Cl2F2N4O2. The Morgan fingerprint density at radius 2 is 1.74 bits per heavy atom. The Morgan fingerprint density at radius 3 is 2.30 bits per heavy atom. The molecule has 0 aromatic heterocycles. The number of piperazine rings is 1. The fourth-order valence-electron chi connectivity index (χ4n) is 3.15. The normalized spacial score (nSPS) is 21.0. The highest BCUT2D eigenvalue weighted by Crippen LogP contribution is 2.25. The molecule has 0 aliphatic carbocycles. The summed E-state index contributed by atoms with van der Waals surface area (Å²) in [4.78, 5) is 28.0. The van der Waals surface area contributed by atoms with E-state index in [4.69, 9.17) is 0 Å². The van der Waals surface area contributed by atoms with Crippen molar-refractivity contribution in [1.82, 2.24) is 15.5 Å². The van der Waals surface area contributed by atoms with E-state index in [0.29, 0.717) is 13.1 Å². The van der Waals surface area contributed by atoms with Crippen LogP contribution in [0.2, 0.25) is 0 Å². The van der Waals surface area contributed by atoms with Crippen molar-refractivity contribution in [1.29, 1.82) is 0 Å². The first-order valence-corrected chi connectivity index (χ1v) is 8.41. The van der Waals surface area contributed by atoms with Gasteiger partial charge in [-0.1, -0.05) is 18.2 Å². The first-order valence-electron chi connectivity index (χ1n) is 8.41. The van der Waals surface area contributed by atoms with Gasteiger partial charge in [0.1, 0.15) is 0 Å². The minimum absolute atomic E-state index is 0. The molecular weight excluding hydrogens is 401 g/mol. The van der Waals surface area contributed by atoms with E-state index in [2.05, 4.69) is 15.5 Å². The lowest BCUT2D eigenvalue weighted by atomic mass is 10.2. The lowest BCUT2D eigenvalue weighted by Crippen LogP contribution is -2.52. The van der Waals surface area contributed by atoms with Crippen LogP contribution in [0.25, 0.3) is 0 Å². The second kappa shape index (κ2) is 10.1. The highest BCUT2D eigenvalue weighted by Gasteiger charge is 2.42. The van der Waals surface area contributed by atoms with Gasteiger partial charge in [0.05, 0.1) is 19.1 Å². The van der Waals surface area contributed by atoms with E-state index in [-0.39, 0.29) is 37.3 Å². The molecule has 0 saturated carbocycles. The zero-order chi connectivity index (χ0) is 17.9. The molecule has 2 saturated heterocycles. The molecule has 0 bridgehead atoms. The largest absolute Gasteiger partial charge is 0.368 e. The molecule has 0 spiro atoms. The number of amides is 2. The summed E-state index contributed by atoms with van der Waals surface area (Å²) in [7, 11) is 0. The van der Waals surface area contributed by atoms with Gasteiger partial charge in [0.15, 0.2) is 0 Å². The maximum atomic E-state index is 13.1. The predicted octanol–water partition coefficient (Wildman–Crippen LogP) is 1.29. The molecule has 2 heterocycles. The number of rotatable bonds is 4. The van der Waals surface area contributed by atoms with Gasteiger partial charge in [-0.05, 0) is 12.1 Å². The van der Waals surface area contributed by atoms with Crippen LogP contribution < -0.4 is 15.5 Å². The Hall–Kier alpha value is -1.64. The van der Waals surface area contributed by atoms with E-state index < -0.39 is 30.8 Å². The lowest BCUT2D eigenvalue weighted by molar-refractivity contribution is -0.133. The van der Waals surface area contributed by atoms with E-state index in [0.717, 1.165) is 18.8 Å². The summed E-state index contributed by atoms with van der Waals surface area (Å²) in [6.07, 6.45) is -0.525. The van der Waals surface area contributed by atoms with Gasteiger partial charge in [-0.15, -0.1) is 24.8 Å². The van der Waals surface area contributed by atoms with Crippen LogP contribution in [-0.2, 0) is 9.59 Å². The quantitative estimate of drug-likeness (QED) is 0.764. The van der Waals surface area contributed by atoms with E-state index >= 15 is 0 Å². The molecule has 2 fully saturated rings. The van der Waals surface area contributed by atoms with E-state index in [9.17, 15) is 18.4 Å². The number of anilines is 1. The molecule has 2 amide bonds. The number of carbonyl (C=O) groups is 2. The summed E-state index contributed by atoms with van der Waals surface area (Å²) in [5.74, 6) is -3.60. The van der Waals surface area contributed by atoms with Gasteiger partial charge in [0.25, 0.3) is 5.92 Å². The number of carbonyl (C=O) groups excluding carboxylic acids is 2. The highest BCUT2D eigenvalue weighted by atomic mass is 35.5. The zero-order valence-electron chi connectivity index (χ0n) is 14.7. The molecule has 3 rings (SSSR count). The number of alkyl halides is 2. The molecule has 6 nitrogen and oxygen atoms in total. The number of nitrogens with one attached hydrogen (secondary N) is 2. The first-order chi connectivity index (χ1) is 11.9. The van der Waals surface area contributed by atoms with Crippen molar-refractivity contribution in [2.24, 2.45) is 0 Å². The van der Waals surface area contributed by atoms with Crippen LogP contribution >= 0.6 is 24.8 Å². The second-order valence-electron chi connectivity index (χ2n) is 6.41. The molecule has 1 aromatic carbocycles. The molecule has 27 heavy (non-hydrogen) atoms. The smallest absolute Gasteiger partial charge is 0.262 e. The number of hydrogen-bond donors (Lipinski definition) is 2. The Balaban J connectivity index is 0.00000182. The summed E-state index contributed by atoms with van der Waals surface area (Å²) in [6.45, 7) is 1.93. The third-order valence-electron chi connectivity index (χ3n) is 4.59. The minimum Gasteiger partial charge on any atom is -0.368 e. The van der Waals surface area contributed by atoms with Crippen molar-refractivity contribution in [3.8, 4) is 0 Å². The summed E-state index contributed by atoms with van der Waals surface area (Å²) in [6, 6.07) is 9.04. The van der Waals surface area contributed by atoms with Crippen LogP contribution in [0, 0.1) is 0 Å². The number of hydrogen-bond acceptors (Lipinski definition) is 4. The SMILES string of the molecule is Cl.Cl.O=C(NCC(=O)N1CCN(c2ccccc2)CC1)C1CC(F)(F)CN1. The molecule has 152 valence electrons. The molecule has 0 radical (unpaired) electrons. The van der Waals surface area contributed by atoms with Gasteiger partial charge in [0, 0.05) is 38.3 Å². The third kappa shape index (κ3) is 6.19. The number of para-hydroxylation sites is 1. The second-order valence-corrected chi connectivity index (χ2v) is 6.41. The van der Waals surface area contributed by atoms with Crippen LogP contribution in [0.4, 0.5) is 14.5 Å². The van der Waals surface area contributed by atoms with Crippen LogP contribution in [0.3, 0.4) is 0 Å². The fourth-order valence-corrected chi connectivity index (χ4v) is 3.15. The highest BCUT2D eigenvalue weighted by molar-refractivity contribution is 5.88. The topological polar surface area (TPSA) is 64.7 Å². The predicted molar refractivity (Wildman–Crippen MR) is 104 cm³/mol. The van der Waals surface area contributed by atoms with Gasteiger partial charge >= 0.3 is 0 Å². The third-order valence-corrected chi connectivity index (χ3v) is 4.59. The molecule has 1 aromatic rings. The summed E-state index contributed by atoms with van der Waals surface area (Å²) < 4.78 is 26.2. The Bertz CT molecular complexity index is 629. The molecule has 10 heteroatoms. The Kier molecular flexibility index (Phi) is 8.71. The molecule has 1 unspecified atom stereocenters. The van der Waals surface area contributed by atoms with Crippen LogP contribution in [0.5, 0.6) is 0 Å². The standard InChI is InChI=1S/C17H22F2N4O2.2ClH/c18-17(19)10-14(21-12-17)16(25)20-11-15(24)23-8-6-22(7-9-23)13-4-2-1-3-5-13;;/h1-5,14,21H,6-12H2,(H,20,25);2*1H. The van der Waals surface area contributed by atoms with Crippen molar-refractivity contribution >= 4 is 42.3 Å². The Labute approximate surface area is 169 Å². The van der Waals surface area contributed by atoms with E-state index in [1.807, 2.05) is 30.3 Å². The van der Waals surface area contributed by atoms with Crippen molar-refractivity contribution in [2.45, 2.75) is 18.4 Å². The Morgan fingerprint density at radius 1 is 1.11 bits per heavy atom. The number of nitrogens with zero attached hydrogens (tertiary/aromatic N) is 2. The van der Waals surface area contributed by atoms with E-state index in [1.54, 1.807) is 4.90 Å². The molecule has 1 atom stereocenters. The van der Waals surface area contributed by atoms with Gasteiger partial charge in [-0.3, -0.25) is 14.9 Å². The maximum Gasteiger partial charge on any atom is 0.262 e. The zero-order valence-corrected chi connectivity index (χ0v) is 16.3. The van der Waals surface area contributed by atoms with Gasteiger partial charge in [-0.25, -0.2) is 8.78 Å². The van der Waals surface area contributed by atoms with E-state index in [1.165, 1.54) is 0 Å². The lowest BCUT2D eigenvalue weighted by Gasteiger charge is -2.36. The monoisotopic (exact) mass is 424 g/mol. The summed E-state index contributed by atoms with van der Waals surface area (Å²) in [5, 5.41) is 4.94. The molecule has 2 aliphatic rings. The van der Waals surface area contributed by atoms with Crippen molar-refractivity contribution < 1.29 is 18.4 Å². The summed E-state index contributed by atoms with van der Waals surface area (Å²) in [5.41, 5.74) is 1.12.